The molecule has 1 rings (SSSR count). The van der Waals surface area contributed by atoms with Gasteiger partial charge in [-0.1, -0.05) is 12.1 Å². The summed E-state index contributed by atoms with van der Waals surface area (Å²) in [4.78, 5) is 22.4. The Morgan fingerprint density at radius 3 is 2.48 bits per heavy atom. The molecule has 116 valence electrons. The van der Waals surface area contributed by atoms with Crippen LogP contribution in [0.2, 0.25) is 0 Å². The van der Waals surface area contributed by atoms with Gasteiger partial charge in [-0.2, -0.15) is 0 Å². The van der Waals surface area contributed by atoms with Crippen molar-refractivity contribution in [2.45, 2.75) is 25.9 Å². The van der Waals surface area contributed by atoms with Gasteiger partial charge in [0.2, 0.25) is 5.91 Å². The number of ether oxygens (including phenoxy) is 2. The predicted octanol–water partition coefficient (Wildman–Crippen LogP) is 1.23. The minimum absolute atomic E-state index is 0.0338. The van der Waals surface area contributed by atoms with Crippen LogP contribution in [0.4, 0.5) is 0 Å². The molecule has 1 aromatic rings. The number of carboxylic acid groups (broad SMARTS) is 1. The lowest BCUT2D eigenvalue weighted by Gasteiger charge is -2.11. The second-order valence-corrected chi connectivity index (χ2v) is 4.44. The topological polar surface area (TPSA) is 84.9 Å². The third-order valence-electron chi connectivity index (χ3n) is 2.92. The molecule has 1 unspecified atom stereocenters. The number of carbonyl (C=O) groups is 2. The third-order valence-corrected chi connectivity index (χ3v) is 2.92. The highest BCUT2D eigenvalue weighted by molar-refractivity contribution is 5.78. The Kier molecular flexibility index (Phi) is 7.25. The van der Waals surface area contributed by atoms with Gasteiger partial charge in [0.05, 0.1) is 13.2 Å². The number of aliphatic carboxylic acids is 1. The minimum Gasteiger partial charge on any atom is -0.494 e. The van der Waals surface area contributed by atoms with E-state index in [0.717, 1.165) is 11.3 Å². The predicted molar refractivity (Wildman–Crippen MR) is 77.4 cm³/mol. The molecule has 0 aliphatic carbocycles. The Balaban J connectivity index is 2.34. The lowest BCUT2D eigenvalue weighted by Crippen LogP contribution is -2.37. The van der Waals surface area contributed by atoms with E-state index in [-0.39, 0.29) is 12.5 Å². The van der Waals surface area contributed by atoms with Gasteiger partial charge >= 0.3 is 5.97 Å². The second kappa shape index (κ2) is 8.97. The molecule has 0 radical (unpaired) electrons. The third kappa shape index (κ3) is 6.27. The number of hydrogen-bond donors (Lipinski definition) is 2. The van der Waals surface area contributed by atoms with Gasteiger partial charge in [0.15, 0.2) is 6.10 Å². The standard InChI is InChI=1S/C15H21NO5/c1-3-21-12-7-4-11(5-8-12)6-9-14(17)16-10-13(20-2)15(18)19/h4-5,7-8,13H,3,6,9-10H2,1-2H3,(H,16,17)(H,18,19). The maximum atomic E-state index is 11.6. The molecule has 6 nitrogen and oxygen atoms in total. The second-order valence-electron chi connectivity index (χ2n) is 4.44. The Labute approximate surface area is 124 Å². The summed E-state index contributed by atoms with van der Waals surface area (Å²) in [6, 6.07) is 7.55. The van der Waals surface area contributed by atoms with E-state index in [1.165, 1.54) is 7.11 Å². The normalized spacial score (nSPS) is 11.7. The number of hydrogen-bond acceptors (Lipinski definition) is 4. The fourth-order valence-electron chi connectivity index (χ4n) is 1.74. The Morgan fingerprint density at radius 1 is 1.29 bits per heavy atom. The summed E-state index contributed by atoms with van der Waals surface area (Å²) in [5.74, 6) is -0.494. The molecular weight excluding hydrogens is 274 g/mol. The van der Waals surface area contributed by atoms with Crippen LogP contribution in [-0.4, -0.2) is 43.3 Å². The number of nitrogens with one attached hydrogen (secondary N) is 1. The summed E-state index contributed by atoms with van der Waals surface area (Å²) in [5, 5.41) is 11.3. The Morgan fingerprint density at radius 2 is 1.95 bits per heavy atom. The van der Waals surface area contributed by atoms with Gasteiger partial charge in [-0.3, -0.25) is 4.79 Å². The van der Waals surface area contributed by atoms with Crippen molar-refractivity contribution in [3.05, 3.63) is 29.8 Å². The first-order valence-corrected chi connectivity index (χ1v) is 6.80. The molecule has 0 aromatic heterocycles. The quantitative estimate of drug-likeness (QED) is 0.716. The molecule has 0 aliphatic rings. The van der Waals surface area contributed by atoms with E-state index in [1.54, 1.807) is 0 Å². The summed E-state index contributed by atoms with van der Waals surface area (Å²) < 4.78 is 10.1. The first-order chi connectivity index (χ1) is 10.1. The van der Waals surface area contributed by atoms with Crippen LogP contribution in [0.15, 0.2) is 24.3 Å². The molecule has 1 aromatic carbocycles. The number of methoxy groups -OCH3 is 1. The average Bonchev–Trinajstić information content (AvgIpc) is 2.47. The number of amides is 1. The Bertz CT molecular complexity index is 458. The van der Waals surface area contributed by atoms with E-state index in [4.69, 9.17) is 14.6 Å². The number of carbonyl (C=O) groups excluding carboxylic acids is 1. The van der Waals surface area contributed by atoms with Crippen LogP contribution in [0.25, 0.3) is 0 Å². The monoisotopic (exact) mass is 295 g/mol. The summed E-state index contributed by atoms with van der Waals surface area (Å²) in [5.41, 5.74) is 1.02. The summed E-state index contributed by atoms with van der Waals surface area (Å²) in [7, 11) is 1.30. The van der Waals surface area contributed by atoms with Crippen LogP contribution in [0.1, 0.15) is 18.9 Å². The number of rotatable bonds is 9. The molecule has 1 atom stereocenters. The van der Waals surface area contributed by atoms with Crippen molar-refractivity contribution in [3.8, 4) is 5.75 Å². The van der Waals surface area contributed by atoms with E-state index in [2.05, 4.69) is 5.32 Å². The van der Waals surface area contributed by atoms with Crippen molar-refractivity contribution in [3.63, 3.8) is 0 Å². The lowest BCUT2D eigenvalue weighted by atomic mass is 10.1. The van der Waals surface area contributed by atoms with Crippen LogP contribution >= 0.6 is 0 Å². The molecule has 0 bridgehead atoms. The first kappa shape index (κ1) is 17.0. The highest BCUT2D eigenvalue weighted by Gasteiger charge is 2.16. The average molecular weight is 295 g/mol. The van der Waals surface area contributed by atoms with E-state index < -0.39 is 12.1 Å². The van der Waals surface area contributed by atoms with Crippen LogP contribution in [-0.2, 0) is 20.7 Å². The molecule has 0 saturated heterocycles. The van der Waals surface area contributed by atoms with Gasteiger partial charge in [0.25, 0.3) is 0 Å². The van der Waals surface area contributed by atoms with Gasteiger partial charge in [-0.25, -0.2) is 4.79 Å². The maximum Gasteiger partial charge on any atom is 0.334 e. The number of aryl methyl sites for hydroxylation is 1. The smallest absolute Gasteiger partial charge is 0.334 e. The van der Waals surface area contributed by atoms with E-state index >= 15 is 0 Å². The molecule has 0 aliphatic heterocycles. The van der Waals surface area contributed by atoms with Gasteiger partial charge in [-0.05, 0) is 31.0 Å². The van der Waals surface area contributed by atoms with Crippen molar-refractivity contribution in [1.82, 2.24) is 5.32 Å². The fraction of sp³-hybridized carbons (Fsp3) is 0.467. The number of benzene rings is 1. The summed E-state index contributed by atoms with van der Waals surface area (Å²) in [6.07, 6.45) is -0.132. The summed E-state index contributed by atoms with van der Waals surface area (Å²) >= 11 is 0. The maximum absolute atomic E-state index is 11.6. The highest BCUT2D eigenvalue weighted by Crippen LogP contribution is 2.13. The molecule has 6 heteroatoms. The van der Waals surface area contributed by atoms with E-state index in [1.807, 2.05) is 31.2 Å². The first-order valence-electron chi connectivity index (χ1n) is 6.80. The van der Waals surface area contributed by atoms with E-state index in [9.17, 15) is 9.59 Å². The molecule has 0 saturated carbocycles. The van der Waals surface area contributed by atoms with Crippen molar-refractivity contribution < 1.29 is 24.2 Å². The van der Waals surface area contributed by atoms with Gasteiger partial charge < -0.3 is 19.9 Å². The van der Waals surface area contributed by atoms with Crippen molar-refractivity contribution in [2.24, 2.45) is 0 Å². The summed E-state index contributed by atoms with van der Waals surface area (Å²) in [6.45, 7) is 2.50. The SMILES string of the molecule is CCOc1ccc(CCC(=O)NCC(OC)C(=O)O)cc1. The highest BCUT2D eigenvalue weighted by atomic mass is 16.5. The largest absolute Gasteiger partial charge is 0.494 e. The number of carboxylic acids is 1. The van der Waals surface area contributed by atoms with Crippen molar-refractivity contribution >= 4 is 11.9 Å². The van der Waals surface area contributed by atoms with Gasteiger partial charge in [0, 0.05) is 13.5 Å². The van der Waals surface area contributed by atoms with Crippen LogP contribution in [0, 0.1) is 0 Å². The molecule has 0 heterocycles. The zero-order valence-corrected chi connectivity index (χ0v) is 12.3. The van der Waals surface area contributed by atoms with Crippen molar-refractivity contribution in [1.29, 1.82) is 0 Å². The van der Waals surface area contributed by atoms with E-state index in [0.29, 0.717) is 19.4 Å². The van der Waals surface area contributed by atoms with Gasteiger partial charge in [0.1, 0.15) is 5.75 Å². The van der Waals surface area contributed by atoms with Gasteiger partial charge in [-0.15, -0.1) is 0 Å². The molecule has 0 spiro atoms. The fourth-order valence-corrected chi connectivity index (χ4v) is 1.74. The molecule has 2 N–H and O–H groups in total. The molecular formula is C15H21NO5. The molecule has 21 heavy (non-hydrogen) atoms. The Hall–Kier alpha value is -2.08. The molecule has 1 amide bonds. The zero-order valence-electron chi connectivity index (χ0n) is 12.3. The van der Waals surface area contributed by atoms with Crippen LogP contribution in [0.3, 0.4) is 0 Å². The zero-order chi connectivity index (χ0) is 15.7. The van der Waals surface area contributed by atoms with Crippen LogP contribution < -0.4 is 10.1 Å². The molecule has 0 fully saturated rings. The lowest BCUT2D eigenvalue weighted by molar-refractivity contribution is -0.148. The minimum atomic E-state index is -1.09. The van der Waals surface area contributed by atoms with Crippen molar-refractivity contribution in [2.75, 3.05) is 20.3 Å². The van der Waals surface area contributed by atoms with Crippen LogP contribution in [0.5, 0.6) is 5.75 Å².